The Morgan fingerprint density at radius 1 is 1.75 bits per heavy atom. The largest absolute Gasteiger partial charge is 0.326 e. The Morgan fingerprint density at radius 3 is 2.38 bits per heavy atom. The number of alkyl halides is 1. The van der Waals surface area contributed by atoms with Gasteiger partial charge in [-0.15, -0.1) is 0 Å². The first-order valence-corrected chi connectivity index (χ1v) is 2.76. The van der Waals surface area contributed by atoms with Crippen molar-refractivity contribution < 1.29 is 4.39 Å². The highest BCUT2D eigenvalue weighted by Gasteiger charge is 2.17. The van der Waals surface area contributed by atoms with Crippen molar-refractivity contribution >= 4 is 0 Å². The lowest BCUT2D eigenvalue weighted by atomic mass is 10.3. The van der Waals surface area contributed by atoms with Gasteiger partial charge in [-0.1, -0.05) is 6.92 Å². The molecule has 0 saturated heterocycles. The van der Waals surface area contributed by atoms with E-state index in [1.54, 1.807) is 0 Å². The van der Waals surface area contributed by atoms with Crippen molar-refractivity contribution in [3.05, 3.63) is 0 Å². The molecule has 0 aliphatic carbocycles. The molecule has 0 aliphatic rings. The molecule has 0 aromatic heterocycles. The molecule has 3 N–H and O–H groups in total. The molecule has 0 amide bonds. The van der Waals surface area contributed by atoms with E-state index < -0.39 is 5.79 Å². The van der Waals surface area contributed by atoms with E-state index in [1.807, 2.05) is 6.92 Å². The van der Waals surface area contributed by atoms with Crippen molar-refractivity contribution in [1.82, 2.24) is 5.32 Å². The smallest absolute Gasteiger partial charge is 0.171 e. The van der Waals surface area contributed by atoms with Crippen molar-refractivity contribution in [3.8, 4) is 0 Å². The topological polar surface area (TPSA) is 38.0 Å². The van der Waals surface area contributed by atoms with Gasteiger partial charge in [-0.05, 0) is 13.5 Å². The van der Waals surface area contributed by atoms with Crippen LogP contribution < -0.4 is 11.1 Å². The standard InChI is InChI=1S/C5H13FN2/c1-3-8-5(2,6)4-7/h8H,3-4,7H2,1-2H3/t5-/m1/s1. The number of hydrogen-bond acceptors (Lipinski definition) is 2. The van der Waals surface area contributed by atoms with E-state index in [-0.39, 0.29) is 6.54 Å². The third-order valence-corrected chi connectivity index (χ3v) is 0.929. The summed E-state index contributed by atoms with van der Waals surface area (Å²) in [5.41, 5.74) is 5.05. The molecular formula is C5H13FN2. The maximum Gasteiger partial charge on any atom is 0.171 e. The van der Waals surface area contributed by atoms with Gasteiger partial charge in [-0.2, -0.15) is 0 Å². The monoisotopic (exact) mass is 120 g/mol. The molecule has 0 aliphatic heterocycles. The second-order valence-corrected chi connectivity index (χ2v) is 1.93. The number of halogens is 1. The van der Waals surface area contributed by atoms with Gasteiger partial charge in [0.15, 0.2) is 5.79 Å². The van der Waals surface area contributed by atoms with Crippen molar-refractivity contribution in [3.63, 3.8) is 0 Å². The molecule has 0 rings (SSSR count). The van der Waals surface area contributed by atoms with Gasteiger partial charge in [0.05, 0.1) is 0 Å². The highest BCUT2D eigenvalue weighted by atomic mass is 19.1. The number of hydrogen-bond donors (Lipinski definition) is 2. The van der Waals surface area contributed by atoms with Crippen LogP contribution in [0.25, 0.3) is 0 Å². The molecule has 0 aromatic carbocycles. The fourth-order valence-electron chi connectivity index (χ4n) is 0.441. The molecule has 0 radical (unpaired) electrons. The van der Waals surface area contributed by atoms with E-state index in [9.17, 15) is 4.39 Å². The first-order valence-electron chi connectivity index (χ1n) is 2.76. The highest BCUT2D eigenvalue weighted by molar-refractivity contribution is 4.68. The quantitative estimate of drug-likeness (QED) is 0.523. The summed E-state index contributed by atoms with van der Waals surface area (Å²) in [5.74, 6) is -1.38. The molecule has 0 bridgehead atoms. The lowest BCUT2D eigenvalue weighted by Crippen LogP contribution is -2.44. The molecule has 0 fully saturated rings. The van der Waals surface area contributed by atoms with Gasteiger partial charge in [0.1, 0.15) is 0 Å². The van der Waals surface area contributed by atoms with Crippen LogP contribution in [0.1, 0.15) is 13.8 Å². The zero-order valence-electron chi connectivity index (χ0n) is 5.37. The number of nitrogens with two attached hydrogens (primary N) is 1. The average Bonchev–Trinajstić information content (AvgIpc) is 1.67. The fourth-order valence-corrected chi connectivity index (χ4v) is 0.441. The third-order valence-electron chi connectivity index (χ3n) is 0.929. The predicted molar refractivity (Wildman–Crippen MR) is 32.2 cm³/mol. The van der Waals surface area contributed by atoms with E-state index in [1.165, 1.54) is 6.92 Å². The first-order chi connectivity index (χ1) is 3.62. The lowest BCUT2D eigenvalue weighted by molar-refractivity contribution is 0.152. The van der Waals surface area contributed by atoms with Gasteiger partial charge in [0.25, 0.3) is 0 Å². The van der Waals surface area contributed by atoms with Crippen LogP contribution in [0.5, 0.6) is 0 Å². The maximum atomic E-state index is 12.6. The summed E-state index contributed by atoms with van der Waals surface area (Å²) in [7, 11) is 0. The minimum atomic E-state index is -1.38. The van der Waals surface area contributed by atoms with Gasteiger partial charge < -0.3 is 5.73 Å². The normalized spacial score (nSPS) is 18.0. The van der Waals surface area contributed by atoms with Crippen LogP contribution in [0.15, 0.2) is 0 Å². The Bertz CT molecular complexity index is 63.4. The summed E-state index contributed by atoms with van der Waals surface area (Å²) in [4.78, 5) is 0. The van der Waals surface area contributed by atoms with Gasteiger partial charge >= 0.3 is 0 Å². The molecular weight excluding hydrogens is 107 g/mol. The van der Waals surface area contributed by atoms with Crippen molar-refractivity contribution in [2.75, 3.05) is 13.1 Å². The molecule has 8 heavy (non-hydrogen) atoms. The number of rotatable bonds is 3. The van der Waals surface area contributed by atoms with Crippen LogP contribution in [0.4, 0.5) is 4.39 Å². The van der Waals surface area contributed by atoms with Gasteiger partial charge in [0.2, 0.25) is 0 Å². The van der Waals surface area contributed by atoms with E-state index in [0.29, 0.717) is 6.54 Å². The Balaban J connectivity index is 3.37. The minimum Gasteiger partial charge on any atom is -0.326 e. The summed E-state index contributed by atoms with van der Waals surface area (Å²) < 4.78 is 12.6. The van der Waals surface area contributed by atoms with Crippen molar-refractivity contribution in [2.24, 2.45) is 5.73 Å². The summed E-state index contributed by atoms with van der Waals surface area (Å²) >= 11 is 0. The molecule has 1 atom stereocenters. The Morgan fingerprint density at radius 2 is 2.25 bits per heavy atom. The number of nitrogens with one attached hydrogen (secondary N) is 1. The van der Waals surface area contributed by atoms with E-state index in [0.717, 1.165) is 0 Å². The molecule has 3 heteroatoms. The fraction of sp³-hybridized carbons (Fsp3) is 1.00. The summed E-state index contributed by atoms with van der Waals surface area (Å²) in [6, 6.07) is 0. The van der Waals surface area contributed by atoms with E-state index in [4.69, 9.17) is 5.73 Å². The second-order valence-electron chi connectivity index (χ2n) is 1.93. The summed E-state index contributed by atoms with van der Waals surface area (Å²) in [5, 5.41) is 2.58. The van der Waals surface area contributed by atoms with Crippen LogP contribution in [-0.2, 0) is 0 Å². The highest BCUT2D eigenvalue weighted by Crippen LogP contribution is 1.99. The first kappa shape index (κ1) is 7.85. The molecule has 0 unspecified atom stereocenters. The zero-order valence-corrected chi connectivity index (χ0v) is 5.37. The van der Waals surface area contributed by atoms with Crippen molar-refractivity contribution in [2.45, 2.75) is 19.6 Å². The Labute approximate surface area is 49.3 Å². The predicted octanol–water partition coefficient (Wildman–Crippen LogP) is 0.240. The summed E-state index contributed by atoms with van der Waals surface area (Å²) in [6.07, 6.45) is 0. The zero-order chi connectivity index (χ0) is 6.62. The Hall–Kier alpha value is -0.150. The molecule has 0 aromatic rings. The molecule has 50 valence electrons. The SMILES string of the molecule is CCN[C@@](C)(F)CN. The average molecular weight is 120 g/mol. The summed E-state index contributed by atoms with van der Waals surface area (Å²) in [6.45, 7) is 3.91. The lowest BCUT2D eigenvalue weighted by Gasteiger charge is -2.17. The molecule has 0 heterocycles. The van der Waals surface area contributed by atoms with Crippen molar-refractivity contribution in [1.29, 1.82) is 0 Å². The van der Waals surface area contributed by atoms with Crippen LogP contribution in [0.3, 0.4) is 0 Å². The minimum absolute atomic E-state index is 0.0286. The number of likely N-dealkylation sites (N-methyl/N-ethyl adjacent to an activating group) is 1. The van der Waals surface area contributed by atoms with Crippen LogP contribution >= 0.6 is 0 Å². The van der Waals surface area contributed by atoms with Gasteiger partial charge in [0, 0.05) is 6.54 Å². The second kappa shape index (κ2) is 2.99. The van der Waals surface area contributed by atoms with Crippen LogP contribution in [-0.4, -0.2) is 18.9 Å². The Kier molecular flexibility index (Phi) is 2.94. The molecule has 0 saturated carbocycles. The van der Waals surface area contributed by atoms with Crippen LogP contribution in [0.2, 0.25) is 0 Å². The van der Waals surface area contributed by atoms with Gasteiger partial charge in [-0.25, -0.2) is 4.39 Å². The van der Waals surface area contributed by atoms with Gasteiger partial charge in [-0.3, -0.25) is 5.32 Å². The van der Waals surface area contributed by atoms with E-state index in [2.05, 4.69) is 5.32 Å². The molecule has 0 spiro atoms. The molecule has 2 nitrogen and oxygen atoms in total. The maximum absolute atomic E-state index is 12.6. The third kappa shape index (κ3) is 2.93. The van der Waals surface area contributed by atoms with Crippen LogP contribution in [0, 0.1) is 0 Å². The van der Waals surface area contributed by atoms with E-state index >= 15 is 0 Å².